The lowest BCUT2D eigenvalue weighted by Gasteiger charge is -2.07. The van der Waals surface area contributed by atoms with Gasteiger partial charge in [0.2, 0.25) is 0 Å². The van der Waals surface area contributed by atoms with Crippen LogP contribution in [0.3, 0.4) is 0 Å². The van der Waals surface area contributed by atoms with E-state index in [0.29, 0.717) is 5.69 Å². The van der Waals surface area contributed by atoms with Crippen molar-refractivity contribution in [1.82, 2.24) is 4.98 Å². The van der Waals surface area contributed by atoms with Gasteiger partial charge in [-0.3, -0.25) is 4.98 Å². The van der Waals surface area contributed by atoms with Crippen molar-refractivity contribution in [1.29, 1.82) is 0 Å². The Hall–Kier alpha value is -1.30. The molecule has 1 aromatic heterocycles. The van der Waals surface area contributed by atoms with E-state index in [2.05, 4.69) is 4.98 Å². The molecular weight excluding hydrogens is 295 g/mol. The number of thiazole rings is 1. The second-order valence-corrected chi connectivity index (χ2v) is 5.16. The molecule has 2 N–H and O–H groups in total. The molecule has 0 spiro atoms. The summed E-state index contributed by atoms with van der Waals surface area (Å²) in [5.74, 6) is -0.567. The summed E-state index contributed by atoms with van der Waals surface area (Å²) in [6, 6.07) is 2.91. The molecule has 7 heteroatoms. The van der Waals surface area contributed by atoms with Crippen LogP contribution in [0, 0.1) is 0 Å². The molecule has 0 radical (unpaired) electrons. The summed E-state index contributed by atoms with van der Waals surface area (Å²) in [5, 5.41) is 0.363. The number of nitrogen functional groups attached to an aromatic ring is 1. The highest BCUT2D eigenvalue weighted by molar-refractivity contribution is 7.09. The van der Waals surface area contributed by atoms with Gasteiger partial charge in [-0.2, -0.15) is 0 Å². The molecule has 0 saturated heterocycles. The maximum Gasteiger partial charge on any atom is 0.340 e. The molecule has 0 bridgehead atoms. The number of ether oxygens (including phenoxy) is 1. The van der Waals surface area contributed by atoms with Crippen molar-refractivity contribution < 1.29 is 9.53 Å². The zero-order chi connectivity index (χ0) is 13.1. The van der Waals surface area contributed by atoms with Gasteiger partial charge in [-0.1, -0.05) is 23.2 Å². The van der Waals surface area contributed by atoms with E-state index < -0.39 is 5.97 Å². The number of halogens is 2. The van der Waals surface area contributed by atoms with E-state index in [1.807, 2.05) is 0 Å². The quantitative estimate of drug-likeness (QED) is 0.697. The minimum Gasteiger partial charge on any atom is -0.456 e. The smallest absolute Gasteiger partial charge is 0.340 e. The SMILES string of the molecule is Nc1cc(Cl)c(Cl)c(C(=O)OCc2cncs2)c1. The summed E-state index contributed by atoms with van der Waals surface area (Å²) < 4.78 is 5.10. The summed E-state index contributed by atoms with van der Waals surface area (Å²) in [7, 11) is 0. The van der Waals surface area contributed by atoms with Crippen LogP contribution in [-0.2, 0) is 11.3 Å². The van der Waals surface area contributed by atoms with Gasteiger partial charge in [-0.15, -0.1) is 11.3 Å². The number of hydrogen-bond donors (Lipinski definition) is 1. The molecule has 0 amide bonds. The number of anilines is 1. The lowest BCUT2D eigenvalue weighted by Crippen LogP contribution is -2.06. The summed E-state index contributed by atoms with van der Waals surface area (Å²) in [6.07, 6.45) is 1.63. The van der Waals surface area contributed by atoms with Crippen LogP contribution >= 0.6 is 34.5 Å². The van der Waals surface area contributed by atoms with Crippen molar-refractivity contribution in [3.8, 4) is 0 Å². The number of nitrogens with two attached hydrogens (primary N) is 1. The largest absolute Gasteiger partial charge is 0.456 e. The fraction of sp³-hybridized carbons (Fsp3) is 0.0909. The van der Waals surface area contributed by atoms with Gasteiger partial charge in [-0.25, -0.2) is 4.79 Å². The van der Waals surface area contributed by atoms with Crippen molar-refractivity contribution in [3.63, 3.8) is 0 Å². The molecule has 4 nitrogen and oxygen atoms in total. The van der Waals surface area contributed by atoms with Crippen LogP contribution in [0.1, 0.15) is 15.2 Å². The summed E-state index contributed by atoms with van der Waals surface area (Å²) >= 11 is 13.2. The highest BCUT2D eigenvalue weighted by atomic mass is 35.5. The Balaban J connectivity index is 2.14. The molecule has 0 aliphatic heterocycles. The van der Waals surface area contributed by atoms with Crippen LogP contribution in [0.2, 0.25) is 10.0 Å². The first-order chi connectivity index (χ1) is 8.58. The summed E-state index contributed by atoms with van der Waals surface area (Å²) in [4.78, 5) is 16.5. The molecule has 1 heterocycles. The van der Waals surface area contributed by atoms with E-state index in [4.69, 9.17) is 33.7 Å². The Labute approximate surface area is 117 Å². The van der Waals surface area contributed by atoms with Gasteiger partial charge in [0, 0.05) is 11.9 Å². The minimum absolute atomic E-state index is 0.139. The minimum atomic E-state index is -0.567. The molecule has 0 aliphatic carbocycles. The third-order valence-electron chi connectivity index (χ3n) is 2.10. The number of rotatable bonds is 3. The third kappa shape index (κ3) is 2.93. The Morgan fingerprint density at radius 3 is 2.89 bits per heavy atom. The number of esters is 1. The molecular formula is C11H8Cl2N2O2S. The first kappa shape index (κ1) is 13.1. The van der Waals surface area contributed by atoms with Crippen molar-refractivity contribution in [2.24, 2.45) is 0 Å². The average molecular weight is 303 g/mol. The van der Waals surface area contributed by atoms with E-state index in [1.54, 1.807) is 11.7 Å². The number of carbonyl (C=O) groups excluding carboxylic acids is 1. The fourth-order valence-electron chi connectivity index (χ4n) is 1.29. The van der Waals surface area contributed by atoms with E-state index >= 15 is 0 Å². The van der Waals surface area contributed by atoms with Gasteiger partial charge in [0.15, 0.2) is 0 Å². The number of aromatic nitrogens is 1. The normalized spacial score (nSPS) is 10.3. The molecule has 18 heavy (non-hydrogen) atoms. The van der Waals surface area contributed by atoms with Crippen LogP contribution in [0.5, 0.6) is 0 Å². The van der Waals surface area contributed by atoms with Gasteiger partial charge in [0.05, 0.1) is 26.0 Å². The predicted octanol–water partition coefficient (Wildman–Crippen LogP) is 3.39. The summed E-state index contributed by atoms with van der Waals surface area (Å²) in [6.45, 7) is 0.145. The zero-order valence-corrected chi connectivity index (χ0v) is 11.4. The molecule has 0 fully saturated rings. The fourth-order valence-corrected chi connectivity index (χ4v) is 2.21. The Morgan fingerprint density at radius 2 is 2.22 bits per heavy atom. The van der Waals surface area contributed by atoms with Crippen molar-refractivity contribution in [3.05, 3.63) is 44.3 Å². The molecule has 94 valence electrons. The van der Waals surface area contributed by atoms with Gasteiger partial charge < -0.3 is 10.5 Å². The third-order valence-corrected chi connectivity index (χ3v) is 3.65. The van der Waals surface area contributed by atoms with Gasteiger partial charge in [0.1, 0.15) is 6.61 Å². The molecule has 0 atom stereocenters. The van der Waals surface area contributed by atoms with Crippen LogP contribution in [-0.4, -0.2) is 11.0 Å². The first-order valence-corrected chi connectivity index (χ1v) is 6.50. The molecule has 0 saturated carbocycles. The number of nitrogens with zero attached hydrogens (tertiary/aromatic N) is 1. The standard InChI is InChI=1S/C11H8Cl2N2O2S/c12-9-2-6(14)1-8(10(9)13)11(16)17-4-7-3-15-5-18-7/h1-3,5H,4,14H2. The first-order valence-electron chi connectivity index (χ1n) is 4.87. The van der Waals surface area contributed by atoms with Gasteiger partial charge in [0.25, 0.3) is 0 Å². The molecule has 1 aromatic carbocycles. The van der Waals surface area contributed by atoms with Crippen molar-refractivity contribution in [2.45, 2.75) is 6.61 Å². The molecule has 0 aliphatic rings. The van der Waals surface area contributed by atoms with Crippen molar-refractivity contribution >= 4 is 46.2 Å². The average Bonchev–Trinajstić information content (AvgIpc) is 2.83. The van der Waals surface area contributed by atoms with E-state index in [9.17, 15) is 4.79 Å². The second-order valence-electron chi connectivity index (χ2n) is 3.41. The number of carbonyl (C=O) groups is 1. The van der Waals surface area contributed by atoms with Crippen LogP contribution in [0.25, 0.3) is 0 Å². The highest BCUT2D eigenvalue weighted by Crippen LogP contribution is 2.29. The van der Waals surface area contributed by atoms with Gasteiger partial charge in [-0.05, 0) is 12.1 Å². The van der Waals surface area contributed by atoms with E-state index in [1.165, 1.54) is 23.5 Å². The topological polar surface area (TPSA) is 65.2 Å². The maximum absolute atomic E-state index is 11.8. The van der Waals surface area contributed by atoms with E-state index in [0.717, 1.165) is 4.88 Å². The van der Waals surface area contributed by atoms with Gasteiger partial charge >= 0.3 is 5.97 Å². The van der Waals surface area contributed by atoms with Crippen molar-refractivity contribution in [2.75, 3.05) is 5.73 Å². The molecule has 2 rings (SSSR count). The predicted molar refractivity (Wildman–Crippen MR) is 72.1 cm³/mol. The van der Waals surface area contributed by atoms with Crippen LogP contribution in [0.4, 0.5) is 5.69 Å². The number of benzene rings is 1. The zero-order valence-electron chi connectivity index (χ0n) is 9.02. The van der Waals surface area contributed by atoms with E-state index in [-0.39, 0.29) is 22.2 Å². The lowest BCUT2D eigenvalue weighted by molar-refractivity contribution is 0.0477. The number of hydrogen-bond acceptors (Lipinski definition) is 5. The Bertz CT molecular complexity index is 573. The van der Waals surface area contributed by atoms with Crippen LogP contribution in [0.15, 0.2) is 23.8 Å². The Kier molecular flexibility index (Phi) is 4.06. The van der Waals surface area contributed by atoms with Crippen LogP contribution < -0.4 is 5.73 Å². The Morgan fingerprint density at radius 1 is 1.44 bits per heavy atom. The molecule has 2 aromatic rings. The summed E-state index contributed by atoms with van der Waals surface area (Å²) in [5.41, 5.74) is 7.77. The monoisotopic (exact) mass is 302 g/mol. The second kappa shape index (κ2) is 5.56. The lowest BCUT2D eigenvalue weighted by atomic mass is 10.2. The maximum atomic E-state index is 11.8. The molecule has 0 unspecified atom stereocenters. The highest BCUT2D eigenvalue weighted by Gasteiger charge is 2.15.